The normalized spacial score (nSPS) is 13.2. The van der Waals surface area contributed by atoms with Crippen molar-refractivity contribution in [1.82, 2.24) is 9.97 Å². The molecule has 98 valence electrons. The molecule has 1 aromatic carbocycles. The second kappa shape index (κ2) is 4.76. The van der Waals surface area contributed by atoms with Gasteiger partial charge in [0.15, 0.2) is 17.3 Å². The van der Waals surface area contributed by atoms with Crippen LogP contribution in [-0.2, 0) is 0 Å². The SMILES string of the molecule is CNc1cc(C)nc(-c2ccc3c(c2)OCCO3)n1. The van der Waals surface area contributed by atoms with Crippen molar-refractivity contribution in [3.63, 3.8) is 0 Å². The summed E-state index contributed by atoms with van der Waals surface area (Å²) >= 11 is 0. The van der Waals surface area contributed by atoms with Crippen molar-refractivity contribution in [2.45, 2.75) is 6.92 Å². The minimum absolute atomic E-state index is 0.576. The van der Waals surface area contributed by atoms with Crippen molar-refractivity contribution in [2.75, 3.05) is 25.6 Å². The first kappa shape index (κ1) is 11.8. The summed E-state index contributed by atoms with van der Waals surface area (Å²) in [6.45, 7) is 3.12. The third-order valence-electron chi connectivity index (χ3n) is 2.91. The smallest absolute Gasteiger partial charge is 0.162 e. The number of benzene rings is 1. The first-order valence-corrected chi connectivity index (χ1v) is 6.20. The van der Waals surface area contributed by atoms with Gasteiger partial charge in [0.1, 0.15) is 19.0 Å². The zero-order chi connectivity index (χ0) is 13.2. The maximum atomic E-state index is 5.58. The van der Waals surface area contributed by atoms with Gasteiger partial charge in [-0.05, 0) is 25.1 Å². The molecule has 5 nitrogen and oxygen atoms in total. The maximum Gasteiger partial charge on any atom is 0.162 e. The summed E-state index contributed by atoms with van der Waals surface area (Å²) in [5.74, 6) is 3.01. The number of hydrogen-bond donors (Lipinski definition) is 1. The van der Waals surface area contributed by atoms with E-state index in [2.05, 4.69) is 15.3 Å². The predicted molar refractivity (Wildman–Crippen MR) is 72.7 cm³/mol. The Morgan fingerprint density at radius 3 is 2.63 bits per heavy atom. The fourth-order valence-corrected chi connectivity index (χ4v) is 2.01. The van der Waals surface area contributed by atoms with Crippen LogP contribution in [0.1, 0.15) is 5.69 Å². The second-order valence-corrected chi connectivity index (χ2v) is 4.33. The Bertz CT molecular complexity index is 614. The summed E-state index contributed by atoms with van der Waals surface area (Å²) in [6.07, 6.45) is 0. The van der Waals surface area contributed by atoms with Gasteiger partial charge in [0.05, 0.1) is 0 Å². The topological polar surface area (TPSA) is 56.3 Å². The van der Waals surface area contributed by atoms with Gasteiger partial charge in [-0.1, -0.05) is 0 Å². The van der Waals surface area contributed by atoms with Gasteiger partial charge in [0.25, 0.3) is 0 Å². The minimum atomic E-state index is 0.576. The number of ether oxygens (including phenoxy) is 2. The Balaban J connectivity index is 2.04. The average Bonchev–Trinajstić information content (AvgIpc) is 2.46. The molecule has 1 aliphatic heterocycles. The van der Waals surface area contributed by atoms with E-state index in [1.807, 2.05) is 38.2 Å². The Hall–Kier alpha value is -2.30. The van der Waals surface area contributed by atoms with E-state index in [9.17, 15) is 0 Å². The third kappa shape index (κ3) is 2.31. The van der Waals surface area contributed by atoms with Gasteiger partial charge in [0, 0.05) is 24.4 Å². The predicted octanol–water partition coefficient (Wildman–Crippen LogP) is 2.26. The molecule has 1 N–H and O–H groups in total. The van der Waals surface area contributed by atoms with Gasteiger partial charge in [-0.3, -0.25) is 0 Å². The Kier molecular flexibility index (Phi) is 2.95. The molecular formula is C14H15N3O2. The van der Waals surface area contributed by atoms with E-state index in [0.717, 1.165) is 28.6 Å². The molecule has 3 rings (SSSR count). The molecule has 19 heavy (non-hydrogen) atoms. The highest BCUT2D eigenvalue weighted by molar-refractivity contribution is 5.62. The molecule has 0 atom stereocenters. The third-order valence-corrected chi connectivity index (χ3v) is 2.91. The van der Waals surface area contributed by atoms with Crippen molar-refractivity contribution >= 4 is 5.82 Å². The summed E-state index contributed by atoms with van der Waals surface area (Å²) in [7, 11) is 1.84. The van der Waals surface area contributed by atoms with Crippen LogP contribution in [-0.4, -0.2) is 30.2 Å². The molecule has 0 amide bonds. The Morgan fingerprint density at radius 1 is 1.05 bits per heavy atom. The molecule has 0 unspecified atom stereocenters. The van der Waals surface area contributed by atoms with E-state index in [-0.39, 0.29) is 0 Å². The van der Waals surface area contributed by atoms with Gasteiger partial charge in [0.2, 0.25) is 0 Å². The lowest BCUT2D eigenvalue weighted by Gasteiger charge is -2.18. The van der Waals surface area contributed by atoms with Gasteiger partial charge in [-0.25, -0.2) is 9.97 Å². The van der Waals surface area contributed by atoms with Gasteiger partial charge in [-0.15, -0.1) is 0 Å². The molecule has 1 aliphatic rings. The van der Waals surface area contributed by atoms with Crippen LogP contribution in [0.3, 0.4) is 0 Å². The number of hydrogen-bond acceptors (Lipinski definition) is 5. The van der Waals surface area contributed by atoms with Crippen LogP contribution in [0, 0.1) is 6.92 Å². The number of anilines is 1. The van der Waals surface area contributed by atoms with Gasteiger partial charge in [-0.2, -0.15) is 0 Å². The van der Waals surface area contributed by atoms with Crippen LogP contribution in [0.4, 0.5) is 5.82 Å². The summed E-state index contributed by atoms with van der Waals surface area (Å²) in [5.41, 5.74) is 1.84. The van der Waals surface area contributed by atoms with Crippen molar-refractivity contribution in [3.8, 4) is 22.9 Å². The Labute approximate surface area is 111 Å². The van der Waals surface area contributed by atoms with E-state index in [0.29, 0.717) is 19.0 Å². The van der Waals surface area contributed by atoms with Crippen LogP contribution in [0.25, 0.3) is 11.4 Å². The molecule has 2 aromatic rings. The van der Waals surface area contributed by atoms with Crippen molar-refractivity contribution in [1.29, 1.82) is 0 Å². The molecular weight excluding hydrogens is 242 g/mol. The lowest BCUT2D eigenvalue weighted by atomic mass is 10.1. The van der Waals surface area contributed by atoms with Crippen molar-refractivity contribution in [3.05, 3.63) is 30.0 Å². The zero-order valence-electron chi connectivity index (χ0n) is 10.9. The molecule has 0 spiro atoms. The van der Waals surface area contributed by atoms with Crippen LogP contribution < -0.4 is 14.8 Å². The largest absolute Gasteiger partial charge is 0.486 e. The number of aromatic nitrogens is 2. The van der Waals surface area contributed by atoms with Gasteiger partial charge < -0.3 is 14.8 Å². The summed E-state index contributed by atoms with van der Waals surface area (Å²) < 4.78 is 11.1. The first-order valence-electron chi connectivity index (χ1n) is 6.20. The summed E-state index contributed by atoms with van der Waals surface area (Å²) in [5, 5.41) is 3.03. The van der Waals surface area contributed by atoms with Crippen LogP contribution in [0.5, 0.6) is 11.5 Å². The molecule has 0 radical (unpaired) electrons. The van der Waals surface area contributed by atoms with E-state index in [1.54, 1.807) is 0 Å². The molecule has 0 fully saturated rings. The standard InChI is InChI=1S/C14H15N3O2/c1-9-7-13(15-2)17-14(16-9)10-3-4-11-12(8-10)19-6-5-18-11/h3-4,7-8H,5-6H2,1-2H3,(H,15,16,17). The highest BCUT2D eigenvalue weighted by atomic mass is 16.6. The van der Waals surface area contributed by atoms with Gasteiger partial charge >= 0.3 is 0 Å². The zero-order valence-corrected chi connectivity index (χ0v) is 10.9. The van der Waals surface area contributed by atoms with Crippen molar-refractivity contribution in [2.24, 2.45) is 0 Å². The molecule has 0 saturated carbocycles. The highest BCUT2D eigenvalue weighted by Crippen LogP contribution is 2.33. The number of nitrogens with one attached hydrogen (secondary N) is 1. The van der Waals surface area contributed by atoms with E-state index < -0.39 is 0 Å². The average molecular weight is 257 g/mol. The fourth-order valence-electron chi connectivity index (χ4n) is 2.01. The maximum absolute atomic E-state index is 5.58. The number of fused-ring (bicyclic) bond motifs is 1. The monoisotopic (exact) mass is 257 g/mol. The lowest BCUT2D eigenvalue weighted by Crippen LogP contribution is -2.15. The van der Waals surface area contributed by atoms with E-state index >= 15 is 0 Å². The first-order chi connectivity index (χ1) is 9.26. The van der Waals surface area contributed by atoms with E-state index in [4.69, 9.17) is 9.47 Å². The fraction of sp³-hybridized carbons (Fsp3) is 0.286. The number of aryl methyl sites for hydroxylation is 1. The van der Waals surface area contributed by atoms with E-state index in [1.165, 1.54) is 0 Å². The summed E-state index contributed by atoms with van der Waals surface area (Å²) in [4.78, 5) is 8.91. The van der Waals surface area contributed by atoms with Crippen molar-refractivity contribution < 1.29 is 9.47 Å². The minimum Gasteiger partial charge on any atom is -0.486 e. The number of nitrogens with zero attached hydrogens (tertiary/aromatic N) is 2. The van der Waals surface area contributed by atoms with Crippen LogP contribution >= 0.6 is 0 Å². The molecule has 5 heteroatoms. The molecule has 0 saturated heterocycles. The molecule has 0 bridgehead atoms. The quantitative estimate of drug-likeness (QED) is 0.894. The van der Waals surface area contributed by atoms with Crippen LogP contribution in [0.2, 0.25) is 0 Å². The molecule has 2 heterocycles. The molecule has 0 aliphatic carbocycles. The molecule has 1 aromatic heterocycles. The Morgan fingerprint density at radius 2 is 1.84 bits per heavy atom. The lowest BCUT2D eigenvalue weighted by molar-refractivity contribution is 0.171. The second-order valence-electron chi connectivity index (χ2n) is 4.33. The highest BCUT2D eigenvalue weighted by Gasteiger charge is 2.13. The van der Waals surface area contributed by atoms with Crippen LogP contribution in [0.15, 0.2) is 24.3 Å². The number of rotatable bonds is 2. The summed E-state index contributed by atoms with van der Waals surface area (Å²) in [6, 6.07) is 7.67.